The van der Waals surface area contributed by atoms with Gasteiger partial charge in [0.2, 0.25) is 0 Å². The third kappa shape index (κ3) is 2.07. The quantitative estimate of drug-likeness (QED) is 0.754. The summed E-state index contributed by atoms with van der Waals surface area (Å²) in [5, 5.41) is 0.619. The Morgan fingerprint density at radius 3 is 3.05 bits per heavy atom. The molecule has 2 aliphatic heterocycles. The molecule has 0 spiro atoms. The molecule has 1 aromatic carbocycles. The van der Waals surface area contributed by atoms with E-state index in [2.05, 4.69) is 11.1 Å². The molecule has 0 saturated carbocycles. The fourth-order valence-corrected chi connectivity index (χ4v) is 4.09. The van der Waals surface area contributed by atoms with E-state index in [-0.39, 0.29) is 5.92 Å². The molecule has 0 amide bonds. The van der Waals surface area contributed by atoms with Crippen LogP contribution in [0.3, 0.4) is 0 Å². The van der Waals surface area contributed by atoms with Gasteiger partial charge in [-0.05, 0) is 18.1 Å². The van der Waals surface area contributed by atoms with Gasteiger partial charge >= 0.3 is 0 Å². The van der Waals surface area contributed by atoms with Crippen molar-refractivity contribution in [2.24, 2.45) is 0 Å². The highest BCUT2D eigenvalue weighted by atomic mass is 35.5. The summed E-state index contributed by atoms with van der Waals surface area (Å²) < 4.78 is 5.82. The van der Waals surface area contributed by atoms with Gasteiger partial charge in [0.05, 0.1) is 18.2 Å². The summed E-state index contributed by atoms with van der Waals surface area (Å²) in [5.74, 6) is 3.86. The van der Waals surface area contributed by atoms with Crippen molar-refractivity contribution < 1.29 is 4.74 Å². The van der Waals surface area contributed by atoms with Crippen molar-refractivity contribution in [1.29, 1.82) is 0 Å². The van der Waals surface area contributed by atoms with Crippen LogP contribution in [0, 0.1) is 0 Å². The lowest BCUT2D eigenvalue weighted by atomic mass is 9.96. The Morgan fingerprint density at radius 2 is 2.10 bits per heavy atom. The van der Waals surface area contributed by atoms with E-state index in [0.29, 0.717) is 11.8 Å². The van der Waals surface area contributed by atoms with Gasteiger partial charge in [-0.15, -0.1) is 0 Å². The Balaban J connectivity index is 1.68. The number of nitrogens with zero attached hydrogens (tertiary/aromatic N) is 2. The zero-order chi connectivity index (χ0) is 13.5. The molecule has 1 unspecified atom stereocenters. The van der Waals surface area contributed by atoms with Crippen LogP contribution in [0.5, 0.6) is 5.75 Å². The molecule has 20 heavy (non-hydrogen) atoms. The summed E-state index contributed by atoms with van der Waals surface area (Å²) in [7, 11) is 0. The lowest BCUT2D eigenvalue weighted by Crippen LogP contribution is -2.21. The number of rotatable bonds is 1. The summed E-state index contributed by atoms with van der Waals surface area (Å²) in [6.07, 6.45) is 0.915. The topological polar surface area (TPSA) is 35.0 Å². The molecular formula is C15H13ClN2OS. The zero-order valence-corrected chi connectivity index (χ0v) is 12.4. The van der Waals surface area contributed by atoms with Crippen LogP contribution in [0.2, 0.25) is 5.15 Å². The number of thioether (sulfide) groups is 1. The Morgan fingerprint density at radius 1 is 1.20 bits per heavy atom. The van der Waals surface area contributed by atoms with Gasteiger partial charge in [-0.3, -0.25) is 0 Å². The van der Waals surface area contributed by atoms with Gasteiger partial charge in [0.15, 0.2) is 0 Å². The number of hydrogen-bond donors (Lipinski definition) is 0. The molecule has 0 fully saturated rings. The van der Waals surface area contributed by atoms with Gasteiger partial charge in [-0.1, -0.05) is 29.8 Å². The predicted molar refractivity (Wildman–Crippen MR) is 80.4 cm³/mol. The summed E-state index contributed by atoms with van der Waals surface area (Å²) in [5.41, 5.74) is 3.43. The van der Waals surface area contributed by atoms with Gasteiger partial charge in [0, 0.05) is 17.1 Å². The van der Waals surface area contributed by atoms with Crippen LogP contribution < -0.4 is 4.74 Å². The lowest BCUT2D eigenvalue weighted by molar-refractivity contribution is 0.257. The average molecular weight is 305 g/mol. The Bertz CT molecular complexity index is 677. The van der Waals surface area contributed by atoms with Gasteiger partial charge in [0.1, 0.15) is 16.7 Å². The molecular weight excluding hydrogens is 292 g/mol. The minimum Gasteiger partial charge on any atom is -0.493 e. The van der Waals surface area contributed by atoms with Gasteiger partial charge in [-0.25, -0.2) is 9.97 Å². The van der Waals surface area contributed by atoms with Crippen LogP contribution in [0.1, 0.15) is 28.6 Å². The molecule has 0 radical (unpaired) electrons. The van der Waals surface area contributed by atoms with Crippen molar-refractivity contribution in [1.82, 2.24) is 9.97 Å². The van der Waals surface area contributed by atoms with E-state index >= 15 is 0 Å². The average Bonchev–Trinajstić information content (AvgIpc) is 2.96. The maximum atomic E-state index is 6.29. The minimum absolute atomic E-state index is 0.193. The normalized spacial score (nSPS) is 20.1. The van der Waals surface area contributed by atoms with Crippen molar-refractivity contribution in [2.45, 2.75) is 23.8 Å². The van der Waals surface area contributed by atoms with E-state index in [1.807, 2.05) is 30.0 Å². The Labute approximate surface area is 126 Å². The smallest absolute Gasteiger partial charge is 0.137 e. The molecule has 0 saturated heterocycles. The van der Waals surface area contributed by atoms with Crippen LogP contribution in [-0.2, 0) is 17.9 Å². The number of halogens is 1. The second-order valence-electron chi connectivity index (χ2n) is 5.11. The van der Waals surface area contributed by atoms with Gasteiger partial charge in [0.25, 0.3) is 0 Å². The number of aromatic nitrogens is 2. The molecule has 5 heteroatoms. The minimum atomic E-state index is 0.193. The van der Waals surface area contributed by atoms with Crippen LogP contribution in [0.15, 0.2) is 24.3 Å². The van der Waals surface area contributed by atoms with Crippen molar-refractivity contribution in [3.8, 4) is 5.75 Å². The Kier molecular flexibility index (Phi) is 3.08. The standard InChI is InChI=1S/C15H13ClN2OS/c16-14-11-7-20-8-12(11)17-15(18-14)10-5-9-3-1-2-4-13(9)19-6-10/h1-4,10H,5-8H2. The number of ether oxygens (including phenoxy) is 1. The molecule has 0 bridgehead atoms. The van der Waals surface area contributed by atoms with Gasteiger partial charge in [-0.2, -0.15) is 11.8 Å². The highest BCUT2D eigenvalue weighted by molar-refractivity contribution is 7.98. The van der Waals surface area contributed by atoms with Crippen LogP contribution >= 0.6 is 23.4 Å². The second kappa shape index (κ2) is 4.93. The number of hydrogen-bond acceptors (Lipinski definition) is 4. The first kappa shape index (κ1) is 12.5. The van der Waals surface area contributed by atoms with E-state index in [4.69, 9.17) is 21.3 Å². The van der Waals surface area contributed by atoms with Crippen LogP contribution in [0.4, 0.5) is 0 Å². The van der Waals surface area contributed by atoms with Crippen molar-refractivity contribution >= 4 is 23.4 Å². The molecule has 3 heterocycles. The lowest BCUT2D eigenvalue weighted by Gasteiger charge is -2.24. The number of para-hydroxylation sites is 1. The van der Waals surface area contributed by atoms with Crippen molar-refractivity contribution in [3.63, 3.8) is 0 Å². The number of benzene rings is 1. The maximum absolute atomic E-state index is 6.29. The summed E-state index contributed by atoms with van der Waals surface area (Å²) >= 11 is 8.13. The molecule has 0 aliphatic carbocycles. The largest absolute Gasteiger partial charge is 0.493 e. The third-order valence-corrected chi connectivity index (χ3v) is 5.07. The number of fused-ring (bicyclic) bond motifs is 2. The van der Waals surface area contributed by atoms with E-state index in [1.54, 1.807) is 0 Å². The van der Waals surface area contributed by atoms with Crippen molar-refractivity contribution in [2.75, 3.05) is 6.61 Å². The van der Waals surface area contributed by atoms with E-state index in [0.717, 1.165) is 40.8 Å². The molecule has 0 N–H and O–H groups in total. The molecule has 102 valence electrons. The first-order valence-corrected chi connectivity index (χ1v) is 8.18. The molecule has 2 aromatic rings. The summed E-state index contributed by atoms with van der Waals surface area (Å²) in [6.45, 7) is 0.624. The van der Waals surface area contributed by atoms with Crippen molar-refractivity contribution in [3.05, 3.63) is 52.1 Å². The fraction of sp³-hybridized carbons (Fsp3) is 0.333. The Hall–Kier alpha value is -1.26. The maximum Gasteiger partial charge on any atom is 0.137 e. The summed E-state index contributed by atoms with van der Waals surface area (Å²) in [6, 6.07) is 8.15. The SMILES string of the molecule is Clc1nc(C2COc3ccccc3C2)nc2c1CSC2. The molecule has 4 rings (SSSR count). The monoisotopic (exact) mass is 304 g/mol. The summed E-state index contributed by atoms with van der Waals surface area (Å²) in [4.78, 5) is 9.22. The second-order valence-corrected chi connectivity index (χ2v) is 6.45. The molecule has 2 aliphatic rings. The van der Waals surface area contributed by atoms with Crippen LogP contribution in [-0.4, -0.2) is 16.6 Å². The highest BCUT2D eigenvalue weighted by Gasteiger charge is 2.26. The van der Waals surface area contributed by atoms with E-state index < -0.39 is 0 Å². The van der Waals surface area contributed by atoms with Crippen LogP contribution in [0.25, 0.3) is 0 Å². The van der Waals surface area contributed by atoms with Gasteiger partial charge < -0.3 is 4.74 Å². The third-order valence-electron chi connectivity index (χ3n) is 3.79. The van der Waals surface area contributed by atoms with E-state index in [9.17, 15) is 0 Å². The fourth-order valence-electron chi connectivity index (χ4n) is 2.71. The molecule has 3 nitrogen and oxygen atoms in total. The van der Waals surface area contributed by atoms with E-state index in [1.165, 1.54) is 5.56 Å². The highest BCUT2D eigenvalue weighted by Crippen LogP contribution is 2.36. The zero-order valence-electron chi connectivity index (χ0n) is 10.8. The molecule has 1 atom stereocenters. The predicted octanol–water partition coefficient (Wildman–Crippen LogP) is 3.60. The molecule has 1 aromatic heterocycles. The first-order valence-electron chi connectivity index (χ1n) is 6.65. The first-order chi connectivity index (χ1) is 9.81.